The highest BCUT2D eigenvalue weighted by molar-refractivity contribution is 6.23. The maximum atomic E-state index is 14.1. The highest BCUT2D eigenvalue weighted by Crippen LogP contribution is 2.54. The van der Waals surface area contributed by atoms with Crippen molar-refractivity contribution in [3.63, 3.8) is 0 Å². The van der Waals surface area contributed by atoms with E-state index in [1.54, 1.807) is 45.0 Å². The number of nitrogens with two attached hydrogens (primary N) is 1. The molecule has 0 fully saturated rings. The van der Waals surface area contributed by atoms with Gasteiger partial charge in [0, 0.05) is 11.3 Å². The molecule has 0 bridgehead atoms. The summed E-state index contributed by atoms with van der Waals surface area (Å²) in [5.41, 5.74) is 4.10. The minimum atomic E-state index is -2.03. The molecule has 0 aromatic heterocycles. The molecule has 0 saturated heterocycles. The molecule has 176 valence electrons. The van der Waals surface area contributed by atoms with Gasteiger partial charge in [0.1, 0.15) is 28.9 Å². The van der Waals surface area contributed by atoms with E-state index in [0.717, 1.165) is 4.90 Å². The summed E-state index contributed by atoms with van der Waals surface area (Å²) in [5.74, 6) is -3.62. The summed E-state index contributed by atoms with van der Waals surface area (Å²) in [4.78, 5) is 53.8. The predicted octanol–water partition coefficient (Wildman–Crippen LogP) is 1.43. The lowest BCUT2D eigenvalue weighted by molar-refractivity contribution is -0.146. The van der Waals surface area contributed by atoms with E-state index in [1.165, 1.54) is 14.0 Å². The molecule has 2 aliphatic rings. The van der Waals surface area contributed by atoms with Gasteiger partial charge in [-0.2, -0.15) is 0 Å². The van der Waals surface area contributed by atoms with Gasteiger partial charge >= 0.3 is 17.9 Å². The SMILES string of the molecule is CCOC(=O)C1=C(N)OC(C)=C(C(=O)OC(C)C)[C@]12C(=O)N(CC(=O)OC)c1ccccc12. The van der Waals surface area contributed by atoms with Gasteiger partial charge in [0.25, 0.3) is 0 Å². The number of nitrogens with zero attached hydrogens (tertiary/aromatic N) is 1. The van der Waals surface area contributed by atoms with Crippen molar-refractivity contribution in [3.05, 3.63) is 52.6 Å². The molecule has 2 heterocycles. The largest absolute Gasteiger partial charge is 0.468 e. The third-order valence-electron chi connectivity index (χ3n) is 5.32. The number of anilines is 1. The highest BCUT2D eigenvalue weighted by atomic mass is 16.6. The Morgan fingerprint density at radius 3 is 2.42 bits per heavy atom. The summed E-state index contributed by atoms with van der Waals surface area (Å²) in [6.07, 6.45) is -0.526. The number of amides is 1. The van der Waals surface area contributed by atoms with E-state index in [1.807, 2.05) is 0 Å². The van der Waals surface area contributed by atoms with Crippen molar-refractivity contribution in [1.82, 2.24) is 0 Å². The van der Waals surface area contributed by atoms with E-state index in [4.69, 9.17) is 24.7 Å². The van der Waals surface area contributed by atoms with Gasteiger partial charge in [-0.15, -0.1) is 0 Å². The second kappa shape index (κ2) is 8.97. The van der Waals surface area contributed by atoms with Crippen molar-refractivity contribution in [1.29, 1.82) is 0 Å². The van der Waals surface area contributed by atoms with Crippen LogP contribution >= 0.6 is 0 Å². The number of carbonyl (C=O) groups excluding carboxylic acids is 4. The van der Waals surface area contributed by atoms with Gasteiger partial charge in [0.05, 0.1) is 19.8 Å². The summed E-state index contributed by atoms with van der Waals surface area (Å²) in [7, 11) is 1.19. The van der Waals surface area contributed by atoms with Crippen LogP contribution in [0, 0.1) is 0 Å². The molecule has 1 amide bonds. The molecule has 2 N–H and O–H groups in total. The topological polar surface area (TPSA) is 134 Å². The molecule has 10 nitrogen and oxygen atoms in total. The van der Waals surface area contributed by atoms with Gasteiger partial charge in [0.15, 0.2) is 0 Å². The minimum absolute atomic E-state index is 0.00531. The molecular formula is C23H26N2O8. The number of para-hydroxylation sites is 1. The van der Waals surface area contributed by atoms with Crippen LogP contribution in [-0.2, 0) is 43.5 Å². The molecule has 33 heavy (non-hydrogen) atoms. The van der Waals surface area contributed by atoms with Crippen molar-refractivity contribution in [2.75, 3.05) is 25.2 Å². The molecule has 0 radical (unpaired) electrons. The number of fused-ring (bicyclic) bond motifs is 2. The molecular weight excluding hydrogens is 432 g/mol. The highest BCUT2D eigenvalue weighted by Gasteiger charge is 2.64. The van der Waals surface area contributed by atoms with E-state index in [9.17, 15) is 19.2 Å². The van der Waals surface area contributed by atoms with Crippen molar-refractivity contribution in [3.8, 4) is 0 Å². The molecule has 1 spiro atoms. The van der Waals surface area contributed by atoms with E-state index >= 15 is 0 Å². The lowest BCUT2D eigenvalue weighted by atomic mass is 9.67. The minimum Gasteiger partial charge on any atom is -0.468 e. The zero-order valence-corrected chi connectivity index (χ0v) is 19.1. The van der Waals surface area contributed by atoms with Crippen LogP contribution in [0.25, 0.3) is 0 Å². The summed E-state index contributed by atoms with van der Waals surface area (Å²) >= 11 is 0. The quantitative estimate of drug-likeness (QED) is 0.496. The fraction of sp³-hybridized carbons (Fsp3) is 0.391. The smallest absolute Gasteiger partial charge is 0.341 e. The van der Waals surface area contributed by atoms with Gasteiger partial charge in [-0.3, -0.25) is 14.5 Å². The summed E-state index contributed by atoms with van der Waals surface area (Å²) in [6, 6.07) is 6.48. The van der Waals surface area contributed by atoms with Gasteiger partial charge in [0.2, 0.25) is 11.8 Å². The molecule has 1 aromatic rings. The normalized spacial score (nSPS) is 19.6. The van der Waals surface area contributed by atoms with Crippen LogP contribution in [0.4, 0.5) is 5.69 Å². The Bertz CT molecular complexity index is 1090. The Labute approximate surface area is 190 Å². The first-order valence-corrected chi connectivity index (χ1v) is 10.4. The van der Waals surface area contributed by atoms with E-state index < -0.39 is 41.9 Å². The lowest BCUT2D eigenvalue weighted by Gasteiger charge is -2.36. The number of methoxy groups -OCH3 is 1. The first kappa shape index (κ1) is 23.8. The summed E-state index contributed by atoms with van der Waals surface area (Å²) in [6.45, 7) is 5.88. The molecule has 0 aliphatic carbocycles. The van der Waals surface area contributed by atoms with Gasteiger partial charge in [-0.1, -0.05) is 18.2 Å². The molecule has 0 unspecified atom stereocenters. The van der Waals surface area contributed by atoms with Gasteiger partial charge in [-0.05, 0) is 33.8 Å². The summed E-state index contributed by atoms with van der Waals surface area (Å²) in [5, 5.41) is 0. The number of hydrogen-bond acceptors (Lipinski definition) is 9. The molecule has 1 atom stereocenters. The number of benzene rings is 1. The van der Waals surface area contributed by atoms with Crippen LogP contribution in [0.3, 0.4) is 0 Å². The van der Waals surface area contributed by atoms with Crippen LogP contribution < -0.4 is 10.6 Å². The molecule has 10 heteroatoms. The van der Waals surface area contributed by atoms with Crippen molar-refractivity contribution in [2.45, 2.75) is 39.2 Å². The number of esters is 3. The fourth-order valence-corrected chi connectivity index (χ4v) is 4.15. The predicted molar refractivity (Wildman–Crippen MR) is 115 cm³/mol. The van der Waals surface area contributed by atoms with Crippen molar-refractivity contribution >= 4 is 29.5 Å². The third kappa shape index (κ3) is 3.71. The van der Waals surface area contributed by atoms with Crippen LogP contribution in [0.2, 0.25) is 0 Å². The van der Waals surface area contributed by atoms with Crippen molar-refractivity contribution in [2.24, 2.45) is 5.73 Å². The second-order valence-corrected chi connectivity index (χ2v) is 7.68. The monoisotopic (exact) mass is 458 g/mol. The summed E-state index contributed by atoms with van der Waals surface area (Å²) < 4.78 is 20.9. The number of carbonyl (C=O) groups is 4. The van der Waals surface area contributed by atoms with Gasteiger partial charge in [-0.25, -0.2) is 9.59 Å². The van der Waals surface area contributed by atoms with Crippen LogP contribution in [-0.4, -0.2) is 50.2 Å². The standard InChI is InChI=1S/C23H26N2O8/c1-6-31-20(27)18-19(24)33-13(4)17(21(28)32-12(2)3)23(18)14-9-7-8-10-15(14)25(22(23)29)11-16(26)30-5/h7-10,12H,6,11,24H2,1-5H3/t23-/m0/s1. The molecule has 2 aliphatic heterocycles. The molecule has 1 aromatic carbocycles. The van der Waals surface area contributed by atoms with E-state index in [0.29, 0.717) is 5.69 Å². The Balaban J connectivity index is 2.39. The average molecular weight is 458 g/mol. The Hall–Kier alpha value is -3.82. The number of allylic oxidation sites excluding steroid dienone is 1. The first-order valence-electron chi connectivity index (χ1n) is 10.4. The Morgan fingerprint density at radius 1 is 1.15 bits per heavy atom. The first-order chi connectivity index (χ1) is 15.6. The number of rotatable bonds is 6. The van der Waals surface area contributed by atoms with Gasteiger partial charge < -0.3 is 24.7 Å². The maximum Gasteiger partial charge on any atom is 0.341 e. The molecule has 0 saturated carbocycles. The molecule has 3 rings (SSSR count). The number of hydrogen-bond donors (Lipinski definition) is 1. The lowest BCUT2D eigenvalue weighted by Crippen LogP contribution is -2.51. The third-order valence-corrected chi connectivity index (χ3v) is 5.32. The fourth-order valence-electron chi connectivity index (χ4n) is 4.15. The van der Waals surface area contributed by atoms with E-state index in [-0.39, 0.29) is 35.0 Å². The van der Waals surface area contributed by atoms with Crippen LogP contribution in [0.5, 0.6) is 0 Å². The Kier molecular flexibility index (Phi) is 6.48. The maximum absolute atomic E-state index is 14.1. The Morgan fingerprint density at radius 2 is 1.82 bits per heavy atom. The average Bonchev–Trinajstić information content (AvgIpc) is 2.96. The van der Waals surface area contributed by atoms with E-state index in [2.05, 4.69) is 0 Å². The second-order valence-electron chi connectivity index (χ2n) is 7.68. The number of ether oxygens (including phenoxy) is 4. The van der Waals surface area contributed by atoms with Crippen LogP contribution in [0.15, 0.2) is 47.1 Å². The zero-order valence-electron chi connectivity index (χ0n) is 19.1. The van der Waals surface area contributed by atoms with Crippen LogP contribution in [0.1, 0.15) is 33.3 Å². The zero-order chi connectivity index (χ0) is 24.5. The van der Waals surface area contributed by atoms with Crippen molar-refractivity contribution < 1.29 is 38.1 Å².